The van der Waals surface area contributed by atoms with Crippen LogP contribution in [0.2, 0.25) is 0 Å². The number of unbranched alkanes of at least 4 members (excludes halogenated alkanes) is 9. The van der Waals surface area contributed by atoms with Crippen molar-refractivity contribution in [3.63, 3.8) is 0 Å². The molecule has 4 N–H and O–H groups in total. The lowest BCUT2D eigenvalue weighted by atomic mass is 9.73. The number of nitrogens with zero attached hydrogens (tertiary/aromatic N) is 2. The lowest BCUT2D eigenvalue weighted by Crippen LogP contribution is -2.61. The molecule has 17 nitrogen and oxygen atoms in total. The van der Waals surface area contributed by atoms with E-state index in [2.05, 4.69) is 12.1 Å². The summed E-state index contributed by atoms with van der Waals surface area (Å²) in [4.78, 5) is 35.9. The number of benzene rings is 1. The molecule has 76 heavy (non-hydrogen) atoms. The molecule has 3 aliphatic heterocycles. The van der Waals surface area contributed by atoms with Crippen molar-refractivity contribution in [3.05, 3.63) is 30.3 Å². The minimum Gasteiger partial charge on any atom is -0.493 e. The summed E-state index contributed by atoms with van der Waals surface area (Å²) in [5, 5.41) is 53.9. The quantitative estimate of drug-likeness (QED) is 0.0409. The van der Waals surface area contributed by atoms with E-state index in [1.165, 1.54) is 45.4 Å². The van der Waals surface area contributed by atoms with Gasteiger partial charge in [0, 0.05) is 50.2 Å². The Labute approximate surface area is 456 Å². The third-order valence-corrected chi connectivity index (χ3v) is 16.4. The molecule has 3 heterocycles. The first kappa shape index (κ1) is 65.5. The second-order valence-electron chi connectivity index (χ2n) is 23.3. The van der Waals surface area contributed by atoms with Gasteiger partial charge in [0.2, 0.25) is 0 Å². The van der Waals surface area contributed by atoms with E-state index in [9.17, 15) is 30.0 Å². The fourth-order valence-corrected chi connectivity index (χ4v) is 11.7. The molecule has 1 aromatic rings. The van der Waals surface area contributed by atoms with Crippen molar-refractivity contribution < 1.29 is 72.7 Å². The number of para-hydroxylation sites is 1. The third-order valence-electron chi connectivity index (χ3n) is 16.4. The summed E-state index contributed by atoms with van der Waals surface area (Å²) in [5.74, 6) is -3.79. The number of hydrogen-bond donors (Lipinski definition) is 4. The van der Waals surface area contributed by atoms with E-state index in [0.717, 1.165) is 31.4 Å². The summed E-state index contributed by atoms with van der Waals surface area (Å²) in [5.41, 5.74) is -4.50. The van der Waals surface area contributed by atoms with Crippen molar-refractivity contribution in [1.29, 1.82) is 0 Å². The Kier molecular flexibility index (Phi) is 26.9. The van der Waals surface area contributed by atoms with Crippen molar-refractivity contribution in [2.24, 2.45) is 28.8 Å². The second-order valence-corrected chi connectivity index (χ2v) is 23.3. The van der Waals surface area contributed by atoms with Crippen LogP contribution < -0.4 is 4.74 Å². The number of aliphatic hydroxyl groups is 4. The highest BCUT2D eigenvalue weighted by molar-refractivity contribution is 5.88. The first-order valence-corrected chi connectivity index (χ1v) is 28.8. The number of methoxy groups -OCH3 is 1. The summed E-state index contributed by atoms with van der Waals surface area (Å²) < 4.78 is 51.1. The van der Waals surface area contributed by atoms with Crippen LogP contribution in [-0.2, 0) is 47.6 Å². The van der Waals surface area contributed by atoms with Crippen LogP contribution in [0.4, 0.5) is 0 Å². The number of esters is 2. The zero-order valence-electron chi connectivity index (χ0n) is 48.9. The largest absolute Gasteiger partial charge is 0.493 e. The Bertz CT molecular complexity index is 1870. The number of rotatable bonds is 25. The van der Waals surface area contributed by atoms with Crippen LogP contribution >= 0.6 is 0 Å². The maximum absolute atomic E-state index is 14.7. The Morgan fingerprint density at radius 3 is 2.04 bits per heavy atom. The topological polar surface area (TPSA) is 214 Å². The zero-order chi connectivity index (χ0) is 56.4. The van der Waals surface area contributed by atoms with E-state index < -0.39 is 102 Å². The standard InChI is InChI=1S/C59H102N2O15/c1-15-17-18-19-20-21-22-23-24-28-32-47(62)74-54-43(8)72-48(37-58(54,10)68-14)75-51-41(6)53(76-56-50(63)45(61(12)13)35-39(4)71-56)57(9,66)36-38(3)49(60-70-34-29-33-69-44-30-26-25-27-31-44)40(5)52(64)59(11,67)46(16-2)73-55(65)42(51)7/h25-27,30-31,38-43,45-46,48,50-54,56,63-64,66-67H,15-24,28-29,32-37H2,1-14H3/b60-49+/t38-,39-,40-,41+,42-,43+,45+,46+,48?,50-,51+,52-,53-,54+,56+,57?,58-,59-/m1/s1. The van der Waals surface area contributed by atoms with Gasteiger partial charge in [-0.2, -0.15) is 0 Å². The van der Waals surface area contributed by atoms with Gasteiger partial charge in [-0.05, 0) is 93.5 Å². The molecule has 0 spiro atoms. The van der Waals surface area contributed by atoms with Crippen molar-refractivity contribution >= 4 is 17.7 Å². The first-order chi connectivity index (χ1) is 35.9. The maximum Gasteiger partial charge on any atom is 0.311 e. The molecule has 3 saturated heterocycles. The van der Waals surface area contributed by atoms with Crippen molar-refractivity contribution in [3.8, 4) is 5.75 Å². The number of aliphatic hydroxyl groups excluding tert-OH is 2. The Hall–Kier alpha value is -2.97. The van der Waals surface area contributed by atoms with Crippen LogP contribution in [-0.4, -0.2) is 162 Å². The molecule has 1 aromatic carbocycles. The van der Waals surface area contributed by atoms with Crippen LogP contribution in [0.3, 0.4) is 0 Å². The number of hydrogen-bond acceptors (Lipinski definition) is 17. The average Bonchev–Trinajstić information content (AvgIpc) is 3.37. The Morgan fingerprint density at radius 1 is 0.803 bits per heavy atom. The molecule has 438 valence electrons. The van der Waals surface area contributed by atoms with E-state index in [0.29, 0.717) is 25.2 Å². The van der Waals surface area contributed by atoms with Crippen LogP contribution in [0.1, 0.15) is 179 Å². The van der Waals surface area contributed by atoms with Crippen LogP contribution in [0.25, 0.3) is 0 Å². The Balaban J connectivity index is 1.68. The van der Waals surface area contributed by atoms with Crippen LogP contribution in [0, 0.1) is 23.7 Å². The molecule has 4 rings (SSSR count). The number of ether oxygens (including phenoxy) is 8. The van der Waals surface area contributed by atoms with E-state index >= 15 is 0 Å². The fourth-order valence-electron chi connectivity index (χ4n) is 11.7. The van der Waals surface area contributed by atoms with Crippen molar-refractivity contribution in [1.82, 2.24) is 4.90 Å². The predicted molar refractivity (Wildman–Crippen MR) is 292 cm³/mol. The number of likely N-dealkylation sites (N-methyl/N-ethyl adjacent to an activating group) is 1. The summed E-state index contributed by atoms with van der Waals surface area (Å²) in [7, 11) is 5.30. The second kappa shape index (κ2) is 31.1. The highest BCUT2D eigenvalue weighted by Gasteiger charge is 2.54. The van der Waals surface area contributed by atoms with Gasteiger partial charge in [0.25, 0.3) is 0 Å². The minimum absolute atomic E-state index is 0.0242. The number of cyclic esters (lactones) is 1. The van der Waals surface area contributed by atoms with E-state index in [1.807, 2.05) is 77.0 Å². The number of carbonyl (C=O) groups is 2. The normalized spacial score (nSPS) is 37.6. The van der Waals surface area contributed by atoms with Gasteiger partial charge in [0.1, 0.15) is 35.8 Å². The molecule has 3 fully saturated rings. The molecule has 0 aliphatic carbocycles. The number of oxime groups is 1. The van der Waals surface area contributed by atoms with Crippen molar-refractivity contribution in [2.75, 3.05) is 34.4 Å². The van der Waals surface area contributed by atoms with E-state index in [4.69, 9.17) is 42.7 Å². The molecule has 0 saturated carbocycles. The maximum atomic E-state index is 14.7. The molecule has 3 aliphatic rings. The third kappa shape index (κ3) is 18.6. The zero-order valence-corrected chi connectivity index (χ0v) is 48.9. The first-order valence-electron chi connectivity index (χ1n) is 28.8. The summed E-state index contributed by atoms with van der Waals surface area (Å²) in [6.45, 7) is 20.1. The molecule has 0 aromatic heterocycles. The lowest BCUT2D eigenvalue weighted by Gasteiger charge is -2.49. The van der Waals surface area contributed by atoms with Gasteiger partial charge in [-0.1, -0.05) is 116 Å². The molecule has 0 amide bonds. The van der Waals surface area contributed by atoms with Crippen molar-refractivity contribution in [2.45, 2.75) is 263 Å². The molecule has 17 heteroatoms. The van der Waals surface area contributed by atoms with Gasteiger partial charge in [-0.3, -0.25) is 9.59 Å². The Morgan fingerprint density at radius 2 is 1.43 bits per heavy atom. The monoisotopic (exact) mass is 1080 g/mol. The van der Waals surface area contributed by atoms with Gasteiger partial charge in [-0.25, -0.2) is 0 Å². The number of carbonyl (C=O) groups excluding carboxylic acids is 2. The smallest absolute Gasteiger partial charge is 0.311 e. The van der Waals surface area contributed by atoms with Crippen LogP contribution in [0.5, 0.6) is 5.75 Å². The van der Waals surface area contributed by atoms with Gasteiger partial charge in [-0.15, -0.1) is 0 Å². The van der Waals surface area contributed by atoms with Gasteiger partial charge < -0.3 is 68.1 Å². The van der Waals surface area contributed by atoms with E-state index in [-0.39, 0.29) is 50.4 Å². The van der Waals surface area contributed by atoms with Crippen LogP contribution in [0.15, 0.2) is 35.5 Å². The fraction of sp³-hybridized carbons (Fsp3) is 0.847. The highest BCUT2D eigenvalue weighted by atomic mass is 16.7. The van der Waals surface area contributed by atoms with Gasteiger partial charge in [0.05, 0.1) is 54.4 Å². The molecule has 2 unspecified atom stereocenters. The predicted octanol–water partition coefficient (Wildman–Crippen LogP) is 8.92. The highest BCUT2D eigenvalue weighted by Crippen LogP contribution is 2.42. The molecular weight excluding hydrogens is 977 g/mol. The van der Waals surface area contributed by atoms with E-state index in [1.54, 1.807) is 41.7 Å². The summed E-state index contributed by atoms with van der Waals surface area (Å²) >= 11 is 0. The van der Waals surface area contributed by atoms with Gasteiger partial charge in [0.15, 0.2) is 18.7 Å². The van der Waals surface area contributed by atoms with Gasteiger partial charge >= 0.3 is 11.9 Å². The molecule has 0 radical (unpaired) electrons. The summed E-state index contributed by atoms with van der Waals surface area (Å²) in [6.07, 6.45) is 2.77. The minimum atomic E-state index is -1.98. The molecular formula is C59H102N2O15. The SMILES string of the molecule is CCCCCCCCCCCCC(=O)O[C@H]1[C@H](C)OC(O[C@H]2[C@H](C)[C@@H](O[C@@H]3O[C@H](C)C[C@H](N(C)C)[C@H]3O)C(C)(O)C[C@@H](C)/C(=N\OCCCOc3ccccc3)[C@@H](C)[C@@H](O)[C@](C)(O)[C@H](CC)OC(=O)[C@@H]2C)C[C@@]1(C)OC. The average molecular weight is 1080 g/mol. The molecule has 0 bridgehead atoms. The summed E-state index contributed by atoms with van der Waals surface area (Å²) in [6, 6.07) is 9.08. The lowest BCUT2D eigenvalue weighted by molar-refractivity contribution is -0.318. The molecule has 18 atom stereocenters.